The Hall–Kier alpha value is -2.90. The molecule has 0 radical (unpaired) electrons. The quantitative estimate of drug-likeness (QED) is 0.491. The molecule has 7 nitrogen and oxygen atoms in total. The molecule has 0 amide bonds. The number of hydrogen-bond donors (Lipinski definition) is 2. The van der Waals surface area contributed by atoms with Gasteiger partial charge in [-0.2, -0.15) is 0 Å². The summed E-state index contributed by atoms with van der Waals surface area (Å²) in [7, 11) is 0. The molecule has 0 saturated carbocycles. The van der Waals surface area contributed by atoms with Crippen LogP contribution in [0.25, 0.3) is 0 Å². The highest BCUT2D eigenvalue weighted by Crippen LogP contribution is 2.08. The molecule has 0 atom stereocenters. The second kappa shape index (κ2) is 13.4. The van der Waals surface area contributed by atoms with Crippen molar-refractivity contribution in [1.29, 1.82) is 0 Å². The molecule has 2 N–H and O–H groups in total. The van der Waals surface area contributed by atoms with Gasteiger partial charge in [-0.3, -0.25) is 4.79 Å². The fourth-order valence-corrected chi connectivity index (χ4v) is 2.95. The zero-order valence-electron chi connectivity index (χ0n) is 18.3. The van der Waals surface area contributed by atoms with Crippen LogP contribution in [-0.4, -0.2) is 40.8 Å². The van der Waals surface area contributed by atoms with E-state index >= 15 is 0 Å². The van der Waals surface area contributed by atoms with Crippen molar-refractivity contribution < 1.29 is 4.74 Å². The average Bonchev–Trinajstić information content (AvgIpc) is 2.76. The number of benzene rings is 1. The molecule has 2 heterocycles. The van der Waals surface area contributed by atoms with Gasteiger partial charge in [0.1, 0.15) is 6.61 Å². The van der Waals surface area contributed by atoms with Crippen molar-refractivity contribution in [2.24, 2.45) is 0 Å². The first-order valence-corrected chi connectivity index (χ1v) is 10.7. The van der Waals surface area contributed by atoms with Crippen LogP contribution >= 0.6 is 11.6 Å². The Bertz CT molecular complexity index is 962. The summed E-state index contributed by atoms with van der Waals surface area (Å²) >= 11 is 5.64. The first-order valence-electron chi connectivity index (χ1n) is 10.3. The lowest BCUT2D eigenvalue weighted by Gasteiger charge is -2.12. The molecule has 0 aliphatic heterocycles. The van der Waals surface area contributed by atoms with Crippen LogP contribution in [0.2, 0.25) is 5.02 Å². The normalized spacial score (nSPS) is 10.2. The SMILES string of the molecule is CCNCCn1c(C)cnc(NCCOc2ccccn2)c1=O.Cc1cccc(Cl)c1. The van der Waals surface area contributed by atoms with E-state index < -0.39 is 0 Å². The summed E-state index contributed by atoms with van der Waals surface area (Å²) < 4.78 is 7.20. The predicted octanol–water partition coefficient (Wildman–Crippen LogP) is 3.70. The number of rotatable bonds is 9. The van der Waals surface area contributed by atoms with Crippen LogP contribution in [0.3, 0.4) is 0 Å². The van der Waals surface area contributed by atoms with Crippen molar-refractivity contribution in [3.05, 3.63) is 81.5 Å². The Morgan fingerprint density at radius 1 is 1.10 bits per heavy atom. The zero-order valence-corrected chi connectivity index (χ0v) is 19.0. The van der Waals surface area contributed by atoms with Gasteiger partial charge in [-0.1, -0.05) is 36.7 Å². The van der Waals surface area contributed by atoms with E-state index in [0.29, 0.717) is 31.4 Å². The first kappa shape index (κ1) is 24.4. The monoisotopic (exact) mass is 443 g/mol. The number of pyridine rings is 1. The fourth-order valence-electron chi connectivity index (χ4n) is 2.70. The highest BCUT2D eigenvalue weighted by atomic mass is 35.5. The molecule has 0 unspecified atom stereocenters. The van der Waals surface area contributed by atoms with Gasteiger partial charge in [-0.05, 0) is 44.2 Å². The molecule has 8 heteroatoms. The van der Waals surface area contributed by atoms with E-state index in [2.05, 4.69) is 20.6 Å². The van der Waals surface area contributed by atoms with Crippen LogP contribution in [0.5, 0.6) is 5.88 Å². The van der Waals surface area contributed by atoms with Crippen molar-refractivity contribution in [2.45, 2.75) is 27.3 Å². The molecule has 166 valence electrons. The minimum Gasteiger partial charge on any atom is -0.476 e. The Balaban J connectivity index is 0.000000357. The Morgan fingerprint density at radius 2 is 1.94 bits per heavy atom. The van der Waals surface area contributed by atoms with E-state index in [1.165, 1.54) is 5.56 Å². The summed E-state index contributed by atoms with van der Waals surface area (Å²) in [6.45, 7) is 9.09. The Kier molecular flexibility index (Phi) is 10.5. The number of anilines is 1. The number of nitrogens with one attached hydrogen (secondary N) is 2. The molecule has 0 aliphatic rings. The molecule has 0 saturated heterocycles. The van der Waals surface area contributed by atoms with Gasteiger partial charge in [0.25, 0.3) is 5.56 Å². The van der Waals surface area contributed by atoms with Crippen molar-refractivity contribution in [1.82, 2.24) is 19.9 Å². The van der Waals surface area contributed by atoms with Gasteiger partial charge >= 0.3 is 0 Å². The molecule has 31 heavy (non-hydrogen) atoms. The number of aromatic nitrogens is 3. The van der Waals surface area contributed by atoms with Gasteiger partial charge in [0, 0.05) is 42.3 Å². The second-order valence-electron chi connectivity index (χ2n) is 6.80. The summed E-state index contributed by atoms with van der Waals surface area (Å²) in [5.41, 5.74) is 1.95. The average molecular weight is 444 g/mol. The van der Waals surface area contributed by atoms with E-state index in [1.54, 1.807) is 23.0 Å². The standard InChI is InChI=1S/C16H23N5O2.C7H7Cl/c1-3-17-8-10-21-13(2)12-20-15(16(21)22)19-9-11-23-14-6-4-5-7-18-14;1-6-3-2-4-7(8)5-6/h4-7,12,17H,3,8-11H2,1-2H3,(H,19,20);2-5H,1H3. The third-order valence-corrected chi connectivity index (χ3v) is 4.51. The molecule has 0 aliphatic carbocycles. The van der Waals surface area contributed by atoms with E-state index in [0.717, 1.165) is 23.8 Å². The summed E-state index contributed by atoms with van der Waals surface area (Å²) in [5, 5.41) is 7.05. The maximum absolute atomic E-state index is 12.4. The van der Waals surface area contributed by atoms with Gasteiger partial charge in [0.15, 0.2) is 5.82 Å². The third-order valence-electron chi connectivity index (χ3n) is 4.28. The minimum atomic E-state index is -0.110. The van der Waals surface area contributed by atoms with Crippen LogP contribution in [0.1, 0.15) is 18.2 Å². The zero-order chi connectivity index (χ0) is 22.5. The number of halogens is 1. The lowest BCUT2D eigenvalue weighted by Crippen LogP contribution is -2.31. The predicted molar refractivity (Wildman–Crippen MR) is 126 cm³/mol. The molecule has 3 aromatic rings. The molecule has 3 rings (SSSR count). The largest absolute Gasteiger partial charge is 0.476 e. The number of nitrogens with zero attached hydrogens (tertiary/aromatic N) is 3. The number of ether oxygens (including phenoxy) is 1. The summed E-state index contributed by atoms with van der Waals surface area (Å²) in [6.07, 6.45) is 3.38. The van der Waals surface area contributed by atoms with Crippen LogP contribution in [0, 0.1) is 13.8 Å². The molecular formula is C23H30ClN5O2. The van der Waals surface area contributed by atoms with Gasteiger partial charge in [-0.15, -0.1) is 0 Å². The number of aryl methyl sites for hydroxylation is 2. The fraction of sp³-hybridized carbons (Fsp3) is 0.348. The van der Waals surface area contributed by atoms with Crippen molar-refractivity contribution >= 4 is 17.4 Å². The van der Waals surface area contributed by atoms with Crippen molar-refractivity contribution in [3.63, 3.8) is 0 Å². The molecule has 0 fully saturated rings. The van der Waals surface area contributed by atoms with E-state index in [-0.39, 0.29) is 5.56 Å². The van der Waals surface area contributed by atoms with Crippen LogP contribution < -0.4 is 20.9 Å². The Morgan fingerprint density at radius 3 is 2.58 bits per heavy atom. The topological polar surface area (TPSA) is 81.1 Å². The maximum atomic E-state index is 12.4. The van der Waals surface area contributed by atoms with Crippen LogP contribution in [0.4, 0.5) is 5.82 Å². The van der Waals surface area contributed by atoms with Crippen LogP contribution in [-0.2, 0) is 6.54 Å². The van der Waals surface area contributed by atoms with E-state index in [9.17, 15) is 4.79 Å². The minimum absolute atomic E-state index is 0.110. The van der Waals surface area contributed by atoms with E-state index in [1.807, 2.05) is 57.2 Å². The van der Waals surface area contributed by atoms with Crippen LogP contribution in [0.15, 0.2) is 59.7 Å². The van der Waals surface area contributed by atoms with E-state index in [4.69, 9.17) is 16.3 Å². The molecular weight excluding hydrogens is 414 g/mol. The van der Waals surface area contributed by atoms with Crippen molar-refractivity contribution in [2.75, 3.05) is 31.6 Å². The first-order chi connectivity index (χ1) is 15.0. The summed E-state index contributed by atoms with van der Waals surface area (Å²) in [4.78, 5) is 20.7. The summed E-state index contributed by atoms with van der Waals surface area (Å²) in [6, 6.07) is 13.2. The number of hydrogen-bond acceptors (Lipinski definition) is 6. The molecule has 0 bridgehead atoms. The Labute approximate surface area is 188 Å². The lowest BCUT2D eigenvalue weighted by atomic mass is 10.2. The molecule has 2 aromatic heterocycles. The van der Waals surface area contributed by atoms with Crippen molar-refractivity contribution in [3.8, 4) is 5.88 Å². The molecule has 0 spiro atoms. The summed E-state index contributed by atoms with van der Waals surface area (Å²) in [5.74, 6) is 0.908. The highest BCUT2D eigenvalue weighted by molar-refractivity contribution is 6.30. The third kappa shape index (κ3) is 8.78. The number of likely N-dealkylation sites (N-methyl/N-ethyl adjacent to an activating group) is 1. The maximum Gasteiger partial charge on any atom is 0.293 e. The highest BCUT2D eigenvalue weighted by Gasteiger charge is 2.07. The molecule has 1 aromatic carbocycles. The van der Waals surface area contributed by atoms with Gasteiger partial charge in [-0.25, -0.2) is 9.97 Å². The second-order valence-corrected chi connectivity index (χ2v) is 7.24. The van der Waals surface area contributed by atoms with Gasteiger partial charge < -0.3 is 19.9 Å². The lowest BCUT2D eigenvalue weighted by molar-refractivity contribution is 0.320. The van der Waals surface area contributed by atoms with Gasteiger partial charge in [0.05, 0.1) is 6.54 Å². The smallest absolute Gasteiger partial charge is 0.293 e. The van der Waals surface area contributed by atoms with Gasteiger partial charge in [0.2, 0.25) is 5.88 Å².